The standard InChI is InChI=1S/C31H31FN2O6S.C30H36BFN2O7.C26H23FN2O5S.C7H7BrOS/c1-41(36)21-11-9-19(10-12-21)18-5-7-20(8-6-18)29-22(32)14-24-23(33-29)15-28(34(24)27-4-2-3-13-37-27)40-26-17-39-30-25(35)16-38-31(26)30;1-29(2)30(3,4)41-31(40-29)18-10-8-17(9-11-18)26-19(32)13-21-20(33-26)14-25(34(21)24-7-5-6-12-36-24)39-23-16-38-27-22(35)15-37-28(23)27;1-35(31)17-8-6-15(7-9-17)14-2-4-16(5-3-14)24-18(27)10-19-20(29-24)11-23(28-19)34-22-13-33-25-21(30)12-32-26(22)25;1-10(9)7-4-2-6(8)3-5-7/h5-12,14-15,25-27,30-31,35H,2-4,13,16-17H2,1H3;8-11,13-14,22-24,27-28,35H,5-7,12,15-16H2,1-4H3;2-11,21-22,25-26,28,30H,12-13H2,1H3;2-5H,1H3/t25-,26-,27?,30-,31-,41?;22-,23-,24?,27-,28-;21-,22-,25-,26-,35?;/m111./s1. The molecule has 0 bridgehead atoms. The first-order chi connectivity index (χ1) is 61.2. The van der Waals surface area contributed by atoms with Crippen LogP contribution < -0.4 is 19.7 Å². The molecule has 0 amide bonds. The Kier molecular flexibility index (Phi) is 26.2. The number of pyridine rings is 3. The van der Waals surface area contributed by atoms with Crippen LogP contribution in [0.2, 0.25) is 0 Å². The second-order valence-corrected chi connectivity index (χ2v) is 38.9. The number of hydrogen-bond acceptors (Lipinski definition) is 22. The van der Waals surface area contributed by atoms with Crippen LogP contribution >= 0.6 is 15.9 Å². The largest absolute Gasteiger partial charge is 0.494 e. The molecule has 4 N–H and O–H groups in total. The maximum absolute atomic E-state index is 15.7. The second kappa shape index (κ2) is 37.5. The molecular formula is C94H97BBrF3N6O19S3. The number of aliphatic hydroxyl groups excluding tert-OH is 3. The third-order valence-electron chi connectivity index (χ3n) is 24.9. The molecule has 5 unspecified atom stereocenters. The molecule has 0 spiro atoms. The van der Waals surface area contributed by atoms with Gasteiger partial charge in [-0.3, -0.25) is 21.8 Å². The predicted octanol–water partition coefficient (Wildman–Crippen LogP) is 14.5. The van der Waals surface area contributed by atoms with E-state index < -0.39 is 111 Å². The van der Waals surface area contributed by atoms with Crippen molar-refractivity contribution >= 4 is 94.0 Å². The van der Waals surface area contributed by atoms with Crippen molar-refractivity contribution in [1.82, 2.24) is 29.1 Å². The lowest BCUT2D eigenvalue weighted by Gasteiger charge is -2.32. The summed E-state index contributed by atoms with van der Waals surface area (Å²) in [5.74, 6) is 0.158. The van der Waals surface area contributed by atoms with Crippen molar-refractivity contribution in [2.45, 2.75) is 178 Å². The van der Waals surface area contributed by atoms with E-state index in [0.29, 0.717) is 93.9 Å². The van der Waals surface area contributed by atoms with Crippen molar-refractivity contribution in [3.05, 3.63) is 204 Å². The minimum Gasteiger partial charge on any atom is -0.470 e. The van der Waals surface area contributed by atoms with Gasteiger partial charge in [0.15, 0.2) is 53.4 Å². The summed E-state index contributed by atoms with van der Waals surface area (Å²) >= 11 is 3.30. The second-order valence-electron chi connectivity index (χ2n) is 33.9. The van der Waals surface area contributed by atoms with Crippen molar-refractivity contribution < 1.29 is 103 Å². The molecule has 127 heavy (non-hydrogen) atoms. The van der Waals surface area contributed by atoms with Gasteiger partial charge in [0.1, 0.15) is 84.5 Å². The first-order valence-electron chi connectivity index (χ1n) is 42.5. The van der Waals surface area contributed by atoms with Crippen LogP contribution in [-0.4, -0.2) is 220 Å². The number of nitrogens with zero attached hydrogens (tertiary/aromatic N) is 5. The van der Waals surface area contributed by atoms with E-state index in [4.69, 9.17) is 71.4 Å². The number of aliphatic hydroxyl groups is 3. The first-order valence-corrected chi connectivity index (χ1v) is 47.9. The molecule has 9 aliphatic heterocycles. The fourth-order valence-electron chi connectivity index (χ4n) is 17.3. The number of halogens is 4. The smallest absolute Gasteiger partial charge is 0.470 e. The molecule has 9 saturated heterocycles. The fourth-order valence-corrected chi connectivity index (χ4v) is 19.2. The van der Waals surface area contributed by atoms with Crippen molar-refractivity contribution in [3.8, 4) is 73.7 Å². The minimum absolute atomic E-state index is 0.212. The molecule has 9 aliphatic rings. The average Bonchev–Trinajstić information content (AvgIpc) is 1.61. The molecule has 12 aromatic rings. The van der Waals surface area contributed by atoms with E-state index in [1.807, 2.05) is 195 Å². The van der Waals surface area contributed by atoms with E-state index in [0.717, 1.165) is 85.4 Å². The Bertz CT molecular complexity index is 6020. The number of rotatable bonds is 17. The Morgan fingerprint density at radius 3 is 1.13 bits per heavy atom. The molecule has 33 heteroatoms. The van der Waals surface area contributed by atoms with E-state index in [9.17, 15) is 32.3 Å². The Morgan fingerprint density at radius 1 is 0.417 bits per heavy atom. The predicted molar refractivity (Wildman–Crippen MR) is 477 cm³/mol. The van der Waals surface area contributed by atoms with Crippen LogP contribution in [0.3, 0.4) is 0 Å². The lowest BCUT2D eigenvalue weighted by molar-refractivity contribution is -0.0394. The van der Waals surface area contributed by atoms with Gasteiger partial charge in [-0.2, -0.15) is 0 Å². The topological polar surface area (TPSA) is 296 Å². The molecule has 6 aromatic carbocycles. The third-order valence-corrected chi connectivity index (χ3v) is 28.2. The third kappa shape index (κ3) is 18.7. The van der Waals surface area contributed by atoms with Crippen LogP contribution in [0.25, 0.3) is 89.1 Å². The van der Waals surface area contributed by atoms with Crippen molar-refractivity contribution in [2.24, 2.45) is 0 Å². The van der Waals surface area contributed by atoms with Gasteiger partial charge in [0.05, 0.1) is 83.9 Å². The van der Waals surface area contributed by atoms with Crippen LogP contribution in [0, 0.1) is 17.5 Å². The van der Waals surface area contributed by atoms with Gasteiger partial charge >= 0.3 is 7.12 Å². The highest BCUT2D eigenvalue weighted by Crippen LogP contribution is 2.44. The Hall–Kier alpha value is -8.95. The lowest BCUT2D eigenvalue weighted by atomic mass is 9.79. The number of aromatic amines is 1. The summed E-state index contributed by atoms with van der Waals surface area (Å²) in [5, 5.41) is 30.2. The maximum Gasteiger partial charge on any atom is 0.494 e. The number of benzene rings is 6. The van der Waals surface area contributed by atoms with E-state index in [-0.39, 0.29) is 86.5 Å². The molecule has 0 aliphatic carbocycles. The highest BCUT2D eigenvalue weighted by molar-refractivity contribution is 9.10. The van der Waals surface area contributed by atoms with Crippen molar-refractivity contribution in [3.63, 3.8) is 0 Å². The molecule has 0 radical (unpaired) electrons. The van der Waals surface area contributed by atoms with Gasteiger partial charge in [0.2, 0.25) is 0 Å². The summed E-state index contributed by atoms with van der Waals surface area (Å²) in [6, 6.07) is 54.9. The van der Waals surface area contributed by atoms with Gasteiger partial charge in [0.25, 0.3) is 0 Å². The van der Waals surface area contributed by atoms with Crippen LogP contribution in [-0.2, 0) is 79.6 Å². The van der Waals surface area contributed by atoms with Gasteiger partial charge in [-0.15, -0.1) is 0 Å². The molecule has 0 saturated carbocycles. The SMILES string of the molecule is CC1(C)OB(c2ccc(-c3nc4cc(O[C@@H]5CO[C@H]6[C@@H]5OC[C@H]6O)n(C5CCCCO5)c4cc3F)cc2)OC1(C)C.CS(=O)c1ccc(-c2ccc(-c3nc4cc(O[C@@H]5CO[C@H]6[C@@H]5OC[C@H]6O)[nH]c4cc3F)cc2)cc1.CS(=O)c1ccc(-c2ccc(-c3nc4cc(O[C@@H]5CO[C@H]6[C@@H]5OC[C@H]6O)n(C5CCCCO5)c4cc3F)cc2)cc1.CS(=O)c1ccc(Br)cc1. The summed E-state index contributed by atoms with van der Waals surface area (Å²) in [4.78, 5) is 19.5. The van der Waals surface area contributed by atoms with Gasteiger partial charge in [0, 0.05) is 137 Å². The highest BCUT2D eigenvalue weighted by Gasteiger charge is 2.54. The van der Waals surface area contributed by atoms with Crippen LogP contribution in [0.1, 0.15) is 78.7 Å². The zero-order valence-corrected chi connectivity index (χ0v) is 74.8. The number of ether oxygens (including phenoxy) is 11. The van der Waals surface area contributed by atoms with E-state index in [1.54, 1.807) is 24.8 Å². The van der Waals surface area contributed by atoms with Crippen LogP contribution in [0.15, 0.2) is 201 Å². The number of aromatic nitrogens is 6. The Morgan fingerprint density at radius 2 is 0.756 bits per heavy atom. The molecule has 15 heterocycles. The number of nitrogens with one attached hydrogen (secondary N) is 1. The normalized spacial score (nSPS) is 26.3. The Balaban J connectivity index is 0.000000122. The fraction of sp³-hybridized carbons (Fsp3) is 0.394. The lowest BCUT2D eigenvalue weighted by Crippen LogP contribution is -2.41. The average molecular weight is 1860 g/mol. The monoisotopic (exact) mass is 1860 g/mol. The summed E-state index contributed by atoms with van der Waals surface area (Å²) in [6.45, 7) is 10.8. The van der Waals surface area contributed by atoms with Gasteiger partial charge < -0.3 is 81.7 Å². The van der Waals surface area contributed by atoms with E-state index in [1.165, 1.54) is 18.2 Å². The van der Waals surface area contributed by atoms with Crippen LogP contribution in [0.5, 0.6) is 17.6 Å². The molecule has 25 nitrogen and oxygen atoms in total. The van der Waals surface area contributed by atoms with Crippen molar-refractivity contribution in [2.75, 3.05) is 71.6 Å². The van der Waals surface area contributed by atoms with Crippen LogP contribution in [0.4, 0.5) is 13.2 Å². The molecule has 6 aromatic heterocycles. The highest BCUT2D eigenvalue weighted by atomic mass is 79.9. The maximum atomic E-state index is 15.7. The van der Waals surface area contributed by atoms with Gasteiger partial charge in [-0.25, -0.2) is 28.1 Å². The quantitative estimate of drug-likeness (QED) is 0.0616. The summed E-state index contributed by atoms with van der Waals surface area (Å²) in [5.41, 5.74) is 10.1. The minimum atomic E-state index is -1.03. The summed E-state index contributed by atoms with van der Waals surface area (Å²) < 4.78 is 163. The summed E-state index contributed by atoms with van der Waals surface area (Å²) in [7, 11) is -3.41. The summed E-state index contributed by atoms with van der Waals surface area (Å²) in [6.07, 6.45) is 4.43. The molecule has 17 atom stereocenters. The number of hydrogen-bond donors (Lipinski definition) is 4. The zero-order chi connectivity index (χ0) is 88.3. The van der Waals surface area contributed by atoms with Crippen molar-refractivity contribution in [1.29, 1.82) is 0 Å². The zero-order valence-electron chi connectivity index (χ0n) is 70.7. The van der Waals surface area contributed by atoms with E-state index >= 15 is 8.78 Å². The number of fused-ring (bicyclic) bond motifs is 6. The molecular weight excluding hydrogens is 1760 g/mol. The number of H-pyrrole nitrogens is 1. The first kappa shape index (κ1) is 88.7. The Labute approximate surface area is 747 Å². The van der Waals surface area contributed by atoms with Gasteiger partial charge in [-0.05, 0) is 142 Å². The molecule has 21 rings (SSSR count). The van der Waals surface area contributed by atoms with Gasteiger partial charge in [-0.1, -0.05) is 113 Å². The molecule has 666 valence electrons. The molecule has 9 fully saturated rings. The van der Waals surface area contributed by atoms with E-state index in [2.05, 4.69) is 25.9 Å².